The Bertz CT molecular complexity index is 7750. The number of nitrogens with zero attached hydrogens (tertiary/aromatic N) is 4. The minimum Gasteiger partial charge on any atom is -0.497 e. The molecule has 2 atom stereocenters. The van der Waals surface area contributed by atoms with Crippen LogP contribution < -0.4 is 14.5 Å². The van der Waals surface area contributed by atoms with Crippen molar-refractivity contribution in [2.75, 3.05) is 24.0 Å². The zero-order valence-corrected chi connectivity index (χ0v) is 75.1. The van der Waals surface area contributed by atoms with Gasteiger partial charge in [0, 0.05) is 85.0 Å². The van der Waals surface area contributed by atoms with Crippen LogP contribution in [-0.2, 0) is 57.9 Å². The van der Waals surface area contributed by atoms with E-state index in [2.05, 4.69) is 447 Å². The Labute approximate surface area is 772 Å². The molecule has 3 aliphatic rings. The summed E-state index contributed by atoms with van der Waals surface area (Å²) in [6.07, 6.45) is 1.71. The van der Waals surface area contributed by atoms with Crippen molar-refractivity contribution >= 4 is 77.7 Å². The molecule has 23 rings (SSSR count). The third kappa shape index (κ3) is 14.7. The smallest absolute Gasteiger partial charge is 0.119 e. The van der Waals surface area contributed by atoms with Crippen LogP contribution in [0, 0.1) is 0 Å². The topological polar surface area (TPSA) is 53.3 Å². The first kappa shape index (κ1) is 81.3. The van der Waals surface area contributed by atoms with Crippen LogP contribution in [0.15, 0.2) is 413 Å². The molecule has 2 aromatic heterocycles. The lowest BCUT2D eigenvalue weighted by atomic mass is 9.78. The highest BCUT2D eigenvalue weighted by molar-refractivity contribution is 6.12. The average molecular weight is 1710 g/mol. The van der Waals surface area contributed by atoms with Gasteiger partial charge in [0.25, 0.3) is 0 Å². The number of hydrogen-bond acceptors (Lipinski definition) is 6. The van der Waals surface area contributed by atoms with Crippen molar-refractivity contribution in [1.82, 2.24) is 9.13 Å². The Hall–Kier alpha value is -15.2. The van der Waals surface area contributed by atoms with Gasteiger partial charge < -0.3 is 37.9 Å². The van der Waals surface area contributed by atoms with Crippen molar-refractivity contribution in [1.29, 1.82) is 0 Å². The second-order valence-electron chi connectivity index (χ2n) is 36.9. The molecule has 0 spiro atoms. The molecular weight excluding hydrogens is 1610 g/mol. The van der Waals surface area contributed by atoms with Gasteiger partial charge in [-0.05, 0) is 304 Å². The standard InChI is InChI=1S/C124H100N4O4/c1-123(2)114-27-17-15-25-106(114)108-63-59-102(75-116(108)123)125(96-49-37-87(38-50-96)85-19-9-7-10-20-85)98-53-41-89(42-54-98)92-45-67-120-112(72-92)110-69-83(33-65-118(110)127(120)100-47-31-81(32-48-100)77-129-5)79-131-78-82-29-35-91(36-30-82)95-71-94-23-13-14-24-105(94)122(74-95)132-80-84-34-66-119-111(70-84)113-73-93(46-68-121(113)128(119)101-57-61-104(130-6)62-58-101)90-43-55-99(56-44-90)126(97-51-39-88(40-52-97)86-21-11-8-12-22-86)103-60-64-109-107-26-16-18-28-115(107)124(3,4)117(109)76-103/h7-70,72-73,75-76,95,122H,71,74,77-80H2,1-6H3. The lowest BCUT2D eigenvalue weighted by Gasteiger charge is -2.32. The van der Waals surface area contributed by atoms with Crippen LogP contribution in [-0.4, -0.2) is 23.4 Å². The van der Waals surface area contributed by atoms with Gasteiger partial charge in [-0.15, -0.1) is 0 Å². The van der Waals surface area contributed by atoms with Crippen molar-refractivity contribution < 1.29 is 18.9 Å². The summed E-state index contributed by atoms with van der Waals surface area (Å²) in [6.45, 7) is 11.4. The van der Waals surface area contributed by atoms with E-state index in [4.69, 9.17) is 18.9 Å². The van der Waals surface area contributed by atoms with Gasteiger partial charge in [-0.3, -0.25) is 0 Å². The van der Waals surface area contributed by atoms with E-state index in [1.165, 1.54) is 105 Å². The molecule has 8 nitrogen and oxygen atoms in total. The normalized spacial score (nSPS) is 14.4. The number of hydrogen-bond donors (Lipinski definition) is 0. The van der Waals surface area contributed by atoms with Gasteiger partial charge >= 0.3 is 0 Å². The molecule has 2 heterocycles. The molecule has 0 bridgehead atoms. The number of anilines is 6. The fourth-order valence-corrected chi connectivity index (χ4v) is 21.5. The molecule has 640 valence electrons. The molecule has 0 radical (unpaired) electrons. The summed E-state index contributed by atoms with van der Waals surface area (Å²) >= 11 is 0. The van der Waals surface area contributed by atoms with Gasteiger partial charge in [-0.25, -0.2) is 0 Å². The van der Waals surface area contributed by atoms with Crippen LogP contribution in [0.4, 0.5) is 34.1 Å². The van der Waals surface area contributed by atoms with Crippen molar-refractivity contribution in [2.45, 2.75) is 89.8 Å². The molecule has 0 amide bonds. The van der Waals surface area contributed by atoms with Crippen LogP contribution in [0.3, 0.4) is 0 Å². The SMILES string of the molecule is COCc1ccc(-n2c3ccc(COCc4ccc(C5Cc6ccccc6C(OCc6ccc7c(c6)c6cc(-c8ccc(N(c9ccc(-c%10ccccc%10)cc9)c9ccc%10c(c9)C(C)(C)c9ccccc9-%10)cc8)ccc6n7-c6ccc(OC)cc6)C5)cc4)cc3c3cc(-c4ccc(N(c5ccc(-c6ccccc6)cc5)c5ccc6c(c5)C(C)(C)c5ccccc5-6)cc4)ccc32)cc1. The number of fused-ring (bicyclic) bond motifs is 13. The monoisotopic (exact) mass is 1710 g/mol. The van der Waals surface area contributed by atoms with Crippen LogP contribution in [0.5, 0.6) is 5.75 Å². The molecule has 3 aliphatic carbocycles. The molecule has 0 saturated carbocycles. The Balaban J connectivity index is 0.499. The second-order valence-corrected chi connectivity index (χ2v) is 36.9. The molecular formula is C124H100N4O4. The summed E-state index contributed by atoms with van der Waals surface area (Å²) < 4.78 is 30.0. The molecule has 2 unspecified atom stereocenters. The maximum atomic E-state index is 7.23. The summed E-state index contributed by atoms with van der Waals surface area (Å²) in [5.41, 5.74) is 41.4. The summed E-state index contributed by atoms with van der Waals surface area (Å²) in [7, 11) is 3.47. The number of methoxy groups -OCH3 is 2. The number of ether oxygens (including phenoxy) is 4. The first-order valence-corrected chi connectivity index (χ1v) is 46.1. The number of rotatable bonds is 23. The Kier molecular flexibility index (Phi) is 20.8. The molecule has 132 heavy (non-hydrogen) atoms. The predicted octanol–water partition coefficient (Wildman–Crippen LogP) is 32.0. The Morgan fingerprint density at radius 2 is 0.659 bits per heavy atom. The number of aromatic nitrogens is 2. The van der Waals surface area contributed by atoms with E-state index in [1.54, 1.807) is 14.2 Å². The van der Waals surface area contributed by atoms with E-state index >= 15 is 0 Å². The molecule has 8 heteroatoms. The summed E-state index contributed by atoms with van der Waals surface area (Å²) in [4.78, 5) is 4.82. The van der Waals surface area contributed by atoms with Crippen molar-refractivity contribution in [3.63, 3.8) is 0 Å². The van der Waals surface area contributed by atoms with E-state index in [0.29, 0.717) is 26.4 Å². The minimum atomic E-state index is -0.150. The molecule has 20 aromatic rings. The molecule has 0 fully saturated rings. The number of benzene rings is 18. The fraction of sp³-hybridized carbons (Fsp3) is 0.129. The highest BCUT2D eigenvalue weighted by atomic mass is 16.5. The van der Waals surface area contributed by atoms with Crippen molar-refractivity contribution in [2.24, 2.45) is 0 Å². The third-order valence-electron chi connectivity index (χ3n) is 28.3. The summed E-state index contributed by atoms with van der Waals surface area (Å²) in [5.74, 6) is 1.08. The van der Waals surface area contributed by atoms with Crippen molar-refractivity contribution in [3.05, 3.63) is 474 Å². The second kappa shape index (κ2) is 33.7. The predicted molar refractivity (Wildman–Crippen MR) is 545 cm³/mol. The average Bonchev–Trinajstić information content (AvgIpc) is 1.59. The largest absolute Gasteiger partial charge is 0.497 e. The zero-order chi connectivity index (χ0) is 88.7. The first-order chi connectivity index (χ1) is 64.8. The van der Waals surface area contributed by atoms with E-state index < -0.39 is 0 Å². The molecule has 0 N–H and O–H groups in total. The van der Waals surface area contributed by atoms with Crippen LogP contribution in [0.25, 0.3) is 122 Å². The molecule has 18 aromatic carbocycles. The summed E-state index contributed by atoms with van der Waals surface area (Å²) in [6, 6.07) is 152. The maximum Gasteiger partial charge on any atom is 0.119 e. The Morgan fingerprint density at radius 3 is 1.14 bits per heavy atom. The van der Waals surface area contributed by atoms with Crippen LogP contribution in [0.1, 0.15) is 107 Å². The fourth-order valence-electron chi connectivity index (χ4n) is 21.5. The molecule has 0 aliphatic heterocycles. The van der Waals surface area contributed by atoms with Crippen LogP contribution in [0.2, 0.25) is 0 Å². The van der Waals surface area contributed by atoms with E-state index in [0.717, 1.165) is 131 Å². The lowest BCUT2D eigenvalue weighted by Crippen LogP contribution is -2.19. The highest BCUT2D eigenvalue weighted by Gasteiger charge is 2.38. The van der Waals surface area contributed by atoms with E-state index in [-0.39, 0.29) is 22.9 Å². The third-order valence-corrected chi connectivity index (χ3v) is 28.3. The van der Waals surface area contributed by atoms with E-state index in [1.807, 2.05) is 12.1 Å². The highest BCUT2D eigenvalue weighted by Crippen LogP contribution is 2.54. The van der Waals surface area contributed by atoms with Gasteiger partial charge in [-0.2, -0.15) is 0 Å². The zero-order valence-electron chi connectivity index (χ0n) is 75.1. The van der Waals surface area contributed by atoms with Gasteiger partial charge in [0.1, 0.15) is 5.75 Å². The minimum absolute atomic E-state index is 0.0994. The summed E-state index contributed by atoms with van der Waals surface area (Å²) in [5, 5.41) is 4.70. The lowest BCUT2D eigenvalue weighted by molar-refractivity contribution is 0.0240. The van der Waals surface area contributed by atoms with E-state index in [9.17, 15) is 0 Å². The molecule has 0 saturated heterocycles. The quantitative estimate of drug-likeness (QED) is 0.0636. The van der Waals surface area contributed by atoms with Gasteiger partial charge in [0.15, 0.2) is 0 Å². The van der Waals surface area contributed by atoms with Gasteiger partial charge in [0.05, 0.1) is 61.7 Å². The van der Waals surface area contributed by atoms with Crippen molar-refractivity contribution in [3.8, 4) is 83.9 Å². The van der Waals surface area contributed by atoms with Crippen LogP contribution >= 0.6 is 0 Å². The van der Waals surface area contributed by atoms with Gasteiger partial charge in [0.2, 0.25) is 0 Å². The first-order valence-electron chi connectivity index (χ1n) is 46.1. The van der Waals surface area contributed by atoms with Gasteiger partial charge in [-0.1, -0.05) is 282 Å². The Morgan fingerprint density at radius 1 is 0.295 bits per heavy atom. The maximum absolute atomic E-state index is 7.23.